The molecular weight excluding hydrogens is 439 g/mol. The van der Waals surface area contributed by atoms with E-state index in [1.165, 1.54) is 11.8 Å². The van der Waals surface area contributed by atoms with Crippen LogP contribution in [-0.2, 0) is 9.59 Å². The first-order valence-electron chi connectivity index (χ1n) is 8.42. The molecule has 1 atom stereocenters. The lowest BCUT2D eigenvalue weighted by Crippen LogP contribution is -2.20. The number of carbonyl (C=O) groups is 2. The first kappa shape index (κ1) is 19.6. The van der Waals surface area contributed by atoms with Crippen LogP contribution in [0.15, 0.2) is 43.8 Å². The van der Waals surface area contributed by atoms with Gasteiger partial charge in [-0.3, -0.25) is 9.59 Å². The molecule has 9 heteroatoms. The number of allylic oxidation sites excluding steroid dienone is 1. The molecule has 0 bridgehead atoms. The van der Waals surface area contributed by atoms with Crippen molar-refractivity contribution in [3.8, 4) is 0 Å². The van der Waals surface area contributed by atoms with Crippen molar-refractivity contribution < 1.29 is 14.0 Å². The number of nitrogens with zero attached hydrogens (tertiary/aromatic N) is 1. The molecule has 1 saturated heterocycles. The van der Waals surface area contributed by atoms with Crippen LogP contribution in [0.1, 0.15) is 19.6 Å². The minimum atomic E-state index is -0.575. The molecule has 1 aromatic carbocycles. The normalized spacial score (nSPS) is 18.9. The smallest absolute Gasteiger partial charge is 0.204 e. The third kappa shape index (κ3) is 3.76. The summed E-state index contributed by atoms with van der Waals surface area (Å²) in [4.78, 5) is 32.5. The van der Waals surface area contributed by atoms with Crippen LogP contribution in [0, 0.1) is 11.8 Å². The average Bonchev–Trinajstić information content (AvgIpc) is 3.27. The van der Waals surface area contributed by atoms with Crippen LogP contribution >= 0.6 is 46.7 Å². The highest BCUT2D eigenvalue weighted by Gasteiger charge is 2.40. The van der Waals surface area contributed by atoms with E-state index in [9.17, 15) is 9.59 Å². The number of benzene rings is 1. The molecule has 1 fully saturated rings. The lowest BCUT2D eigenvalue weighted by atomic mass is 9.93. The van der Waals surface area contributed by atoms with Crippen LogP contribution in [0.3, 0.4) is 0 Å². The van der Waals surface area contributed by atoms with E-state index < -0.39 is 5.92 Å². The summed E-state index contributed by atoms with van der Waals surface area (Å²) in [5, 5.41) is 2.02. The quantitative estimate of drug-likeness (QED) is 0.382. The van der Waals surface area contributed by atoms with E-state index in [-0.39, 0.29) is 16.8 Å². The van der Waals surface area contributed by atoms with Crippen molar-refractivity contribution in [3.05, 3.63) is 45.0 Å². The number of Topliss-reactive ketones (excluding diaryl/α,β-unsaturated/α-hetero) is 1. The van der Waals surface area contributed by atoms with Gasteiger partial charge in [0.25, 0.3) is 0 Å². The SMILES string of the molecule is CC(C)C1C(=O)SC(=Cc2ccc(Sc3nc4cc(Cl)c(Cl)cc4[nH]3)o2)C1=O. The summed E-state index contributed by atoms with van der Waals surface area (Å²) in [5.41, 5.74) is 1.48. The van der Waals surface area contributed by atoms with Crippen molar-refractivity contribution in [1.29, 1.82) is 0 Å². The standard InChI is InChI=1S/C19H14Cl2N2O3S2/c1-8(2)16-17(24)14(27-18(16)25)5-9-3-4-15(26-9)28-19-22-12-6-10(20)11(21)7-13(12)23-19/h3-8,16H,1-2H3,(H,22,23). The summed E-state index contributed by atoms with van der Waals surface area (Å²) in [6.45, 7) is 3.75. The van der Waals surface area contributed by atoms with Crippen molar-refractivity contribution in [2.45, 2.75) is 24.1 Å². The monoisotopic (exact) mass is 452 g/mol. The zero-order valence-corrected chi connectivity index (χ0v) is 17.9. The van der Waals surface area contributed by atoms with Gasteiger partial charge < -0.3 is 9.40 Å². The Bertz CT molecular complexity index is 1090. The van der Waals surface area contributed by atoms with Crippen molar-refractivity contribution in [3.63, 3.8) is 0 Å². The van der Waals surface area contributed by atoms with Crippen molar-refractivity contribution in [2.75, 3.05) is 0 Å². The fraction of sp³-hybridized carbons (Fsp3) is 0.211. The topological polar surface area (TPSA) is 76.0 Å². The number of aromatic amines is 1. The number of furan rings is 1. The second-order valence-corrected chi connectivity index (χ2v) is 9.45. The molecule has 5 nitrogen and oxygen atoms in total. The van der Waals surface area contributed by atoms with Crippen LogP contribution in [0.25, 0.3) is 17.1 Å². The minimum absolute atomic E-state index is 0.0174. The Kier molecular flexibility index (Phi) is 5.35. The molecule has 0 amide bonds. The second kappa shape index (κ2) is 7.63. The predicted octanol–water partition coefficient (Wildman–Crippen LogP) is 6.07. The van der Waals surface area contributed by atoms with Crippen LogP contribution in [0.5, 0.6) is 0 Å². The lowest BCUT2D eigenvalue weighted by molar-refractivity contribution is -0.125. The number of imidazole rings is 1. The summed E-state index contributed by atoms with van der Waals surface area (Å²) in [6, 6.07) is 6.96. The van der Waals surface area contributed by atoms with Gasteiger partial charge in [-0.2, -0.15) is 0 Å². The maximum absolute atomic E-state index is 12.4. The largest absolute Gasteiger partial charge is 0.450 e. The van der Waals surface area contributed by atoms with E-state index in [1.54, 1.807) is 30.3 Å². The van der Waals surface area contributed by atoms with E-state index in [1.807, 2.05) is 13.8 Å². The van der Waals surface area contributed by atoms with Gasteiger partial charge in [-0.15, -0.1) is 0 Å². The third-order valence-electron chi connectivity index (χ3n) is 4.23. The lowest BCUT2D eigenvalue weighted by Gasteiger charge is -2.07. The van der Waals surface area contributed by atoms with E-state index in [2.05, 4.69) is 9.97 Å². The van der Waals surface area contributed by atoms with E-state index in [0.29, 0.717) is 36.5 Å². The number of nitrogens with one attached hydrogen (secondary N) is 1. The molecule has 0 saturated carbocycles. The number of H-pyrrole nitrogens is 1. The molecule has 1 aliphatic heterocycles. The summed E-state index contributed by atoms with van der Waals surface area (Å²) >= 11 is 14.3. The van der Waals surface area contributed by atoms with Gasteiger partial charge in [-0.25, -0.2) is 4.98 Å². The number of carbonyl (C=O) groups excluding carboxylic acids is 2. The molecule has 1 aliphatic rings. The number of rotatable bonds is 4. The predicted molar refractivity (Wildman–Crippen MR) is 113 cm³/mol. The fourth-order valence-corrected chi connectivity index (χ4v) is 5.10. The zero-order chi connectivity index (χ0) is 20.0. The summed E-state index contributed by atoms with van der Waals surface area (Å²) in [7, 11) is 0. The molecule has 3 aromatic rings. The summed E-state index contributed by atoms with van der Waals surface area (Å²) in [6.07, 6.45) is 1.62. The Morgan fingerprint density at radius 2 is 2.00 bits per heavy atom. The Balaban J connectivity index is 1.54. The zero-order valence-electron chi connectivity index (χ0n) is 14.8. The molecule has 144 valence electrons. The highest BCUT2D eigenvalue weighted by molar-refractivity contribution is 8.18. The van der Waals surface area contributed by atoms with Crippen molar-refractivity contribution in [1.82, 2.24) is 9.97 Å². The van der Waals surface area contributed by atoms with Gasteiger partial charge in [0.1, 0.15) is 5.76 Å². The second-order valence-electron chi connectivity index (χ2n) is 6.60. The van der Waals surface area contributed by atoms with Crippen molar-refractivity contribution >= 4 is 74.7 Å². The van der Waals surface area contributed by atoms with Gasteiger partial charge in [0.05, 0.1) is 31.9 Å². The Labute approximate surface area is 179 Å². The molecule has 3 heterocycles. The number of halogens is 2. The molecule has 4 rings (SSSR count). The summed E-state index contributed by atoms with van der Waals surface area (Å²) in [5.74, 6) is -0.218. The molecule has 1 N–H and O–H groups in total. The van der Waals surface area contributed by atoms with Crippen LogP contribution < -0.4 is 0 Å². The Hall–Kier alpha value is -1.67. The number of aromatic nitrogens is 2. The van der Waals surface area contributed by atoms with Crippen LogP contribution in [0.4, 0.5) is 0 Å². The molecule has 2 aromatic heterocycles. The first-order chi connectivity index (χ1) is 13.3. The highest BCUT2D eigenvalue weighted by atomic mass is 35.5. The summed E-state index contributed by atoms with van der Waals surface area (Å²) < 4.78 is 5.77. The number of hydrogen-bond acceptors (Lipinski definition) is 6. The van der Waals surface area contributed by atoms with E-state index in [4.69, 9.17) is 27.6 Å². The highest BCUT2D eigenvalue weighted by Crippen LogP contribution is 2.39. The Morgan fingerprint density at radius 3 is 2.71 bits per heavy atom. The van der Waals surface area contributed by atoms with Gasteiger partial charge in [-0.05, 0) is 59.8 Å². The van der Waals surface area contributed by atoms with Crippen LogP contribution in [0.2, 0.25) is 10.0 Å². The number of fused-ring (bicyclic) bond motifs is 1. The maximum Gasteiger partial charge on any atom is 0.204 e. The van der Waals surface area contributed by atoms with Gasteiger partial charge in [0.2, 0.25) is 5.12 Å². The molecular formula is C19H14Cl2N2O3S2. The molecule has 1 unspecified atom stereocenters. The number of hydrogen-bond donors (Lipinski definition) is 1. The van der Waals surface area contributed by atoms with E-state index >= 15 is 0 Å². The first-order valence-corrected chi connectivity index (χ1v) is 10.8. The molecule has 0 spiro atoms. The Morgan fingerprint density at radius 1 is 1.25 bits per heavy atom. The maximum atomic E-state index is 12.4. The molecule has 0 radical (unpaired) electrons. The fourth-order valence-electron chi connectivity index (χ4n) is 2.88. The van der Waals surface area contributed by atoms with Gasteiger partial charge in [-0.1, -0.05) is 37.0 Å². The molecule has 0 aliphatic carbocycles. The third-order valence-corrected chi connectivity index (χ3v) is 6.75. The number of thioether (sulfide) groups is 1. The van der Waals surface area contributed by atoms with Gasteiger partial charge in [0.15, 0.2) is 16.0 Å². The molecule has 28 heavy (non-hydrogen) atoms. The average molecular weight is 453 g/mol. The van der Waals surface area contributed by atoms with Gasteiger partial charge >= 0.3 is 0 Å². The minimum Gasteiger partial charge on any atom is -0.450 e. The van der Waals surface area contributed by atoms with Crippen LogP contribution in [-0.4, -0.2) is 20.9 Å². The van der Waals surface area contributed by atoms with E-state index in [0.717, 1.165) is 17.3 Å². The number of ketones is 1. The van der Waals surface area contributed by atoms with Gasteiger partial charge in [0, 0.05) is 0 Å². The van der Waals surface area contributed by atoms with Crippen molar-refractivity contribution in [2.24, 2.45) is 11.8 Å².